The minimum atomic E-state index is -0.316. The molecule has 1 aliphatic heterocycles. The van der Waals surface area contributed by atoms with E-state index in [4.69, 9.17) is 9.68 Å². The molecule has 1 aromatic heterocycles. The minimum Gasteiger partial charge on any atom is -0.467 e. The second kappa shape index (κ2) is 5.02. The van der Waals surface area contributed by atoms with Gasteiger partial charge in [0, 0.05) is 13.1 Å². The first-order valence-corrected chi connectivity index (χ1v) is 5.60. The molecule has 0 saturated carbocycles. The number of hydrogen-bond acceptors (Lipinski definition) is 4. The molecule has 1 saturated heterocycles. The van der Waals surface area contributed by atoms with E-state index in [9.17, 15) is 4.79 Å². The summed E-state index contributed by atoms with van der Waals surface area (Å²) < 4.78 is 5.23. The van der Waals surface area contributed by atoms with Gasteiger partial charge in [-0.3, -0.25) is 9.69 Å². The highest BCUT2D eigenvalue weighted by molar-refractivity contribution is 5.82. The molecule has 2 rings (SSSR count). The van der Waals surface area contributed by atoms with Crippen molar-refractivity contribution in [3.05, 3.63) is 24.2 Å². The number of likely N-dealkylation sites (N-methyl/N-ethyl adjacent to an activating group) is 1. The van der Waals surface area contributed by atoms with Crippen LogP contribution in [-0.4, -0.2) is 41.9 Å². The standard InChI is InChI=1S/C12H15N3O2/c1-14-6-7-15(9-10-3-2-8-17-10)12(16)11(14)4-5-13/h2-3,8,11H,4,6-7,9H2,1H3. The normalized spacial score (nSPS) is 21.5. The van der Waals surface area contributed by atoms with Gasteiger partial charge in [0.05, 0.1) is 25.3 Å². The smallest absolute Gasteiger partial charge is 0.241 e. The van der Waals surface area contributed by atoms with E-state index in [0.717, 1.165) is 12.3 Å². The van der Waals surface area contributed by atoms with Crippen LogP contribution < -0.4 is 0 Å². The number of rotatable bonds is 3. The van der Waals surface area contributed by atoms with Crippen molar-refractivity contribution in [3.8, 4) is 6.07 Å². The number of piperazine rings is 1. The van der Waals surface area contributed by atoms with Crippen LogP contribution in [0, 0.1) is 11.3 Å². The molecule has 17 heavy (non-hydrogen) atoms. The average molecular weight is 233 g/mol. The first-order valence-electron chi connectivity index (χ1n) is 5.60. The molecule has 0 aliphatic carbocycles. The molecule has 0 bridgehead atoms. The van der Waals surface area contributed by atoms with Gasteiger partial charge in [-0.1, -0.05) is 0 Å². The molecular weight excluding hydrogens is 218 g/mol. The molecule has 0 N–H and O–H groups in total. The fraction of sp³-hybridized carbons (Fsp3) is 0.500. The van der Waals surface area contributed by atoms with Crippen molar-refractivity contribution in [3.63, 3.8) is 0 Å². The number of amides is 1. The fourth-order valence-corrected chi connectivity index (χ4v) is 2.02. The van der Waals surface area contributed by atoms with Gasteiger partial charge in [-0.2, -0.15) is 5.26 Å². The Kier molecular flexibility index (Phi) is 3.45. The number of nitrogens with zero attached hydrogens (tertiary/aromatic N) is 3. The number of nitriles is 1. The van der Waals surface area contributed by atoms with Crippen molar-refractivity contribution in [1.29, 1.82) is 5.26 Å². The van der Waals surface area contributed by atoms with Crippen LogP contribution in [0.5, 0.6) is 0 Å². The Labute approximate surface area is 100 Å². The number of hydrogen-bond donors (Lipinski definition) is 0. The third-order valence-electron chi connectivity index (χ3n) is 3.06. The van der Waals surface area contributed by atoms with Crippen molar-refractivity contribution in [1.82, 2.24) is 9.80 Å². The summed E-state index contributed by atoms with van der Waals surface area (Å²) in [5, 5.41) is 8.73. The van der Waals surface area contributed by atoms with Gasteiger partial charge in [-0.15, -0.1) is 0 Å². The highest BCUT2D eigenvalue weighted by atomic mass is 16.3. The lowest BCUT2D eigenvalue weighted by Crippen LogP contribution is -2.54. The third-order valence-corrected chi connectivity index (χ3v) is 3.06. The lowest BCUT2D eigenvalue weighted by atomic mass is 10.1. The maximum absolute atomic E-state index is 12.1. The molecule has 1 fully saturated rings. The van der Waals surface area contributed by atoms with Crippen LogP contribution in [0.25, 0.3) is 0 Å². The van der Waals surface area contributed by atoms with Gasteiger partial charge in [-0.25, -0.2) is 0 Å². The van der Waals surface area contributed by atoms with Crippen molar-refractivity contribution in [2.24, 2.45) is 0 Å². The van der Waals surface area contributed by atoms with Gasteiger partial charge in [-0.05, 0) is 19.2 Å². The highest BCUT2D eigenvalue weighted by Crippen LogP contribution is 2.15. The van der Waals surface area contributed by atoms with Gasteiger partial charge in [0.25, 0.3) is 0 Å². The molecule has 1 atom stereocenters. The van der Waals surface area contributed by atoms with E-state index in [1.807, 2.05) is 24.1 Å². The van der Waals surface area contributed by atoms with E-state index >= 15 is 0 Å². The molecule has 0 spiro atoms. The van der Waals surface area contributed by atoms with Crippen LogP contribution in [0.1, 0.15) is 12.2 Å². The van der Waals surface area contributed by atoms with Gasteiger partial charge < -0.3 is 9.32 Å². The zero-order chi connectivity index (χ0) is 12.3. The monoisotopic (exact) mass is 233 g/mol. The molecule has 1 unspecified atom stereocenters. The summed E-state index contributed by atoms with van der Waals surface area (Å²) in [7, 11) is 1.88. The second-order valence-corrected chi connectivity index (χ2v) is 4.20. The quantitative estimate of drug-likeness (QED) is 0.776. The summed E-state index contributed by atoms with van der Waals surface area (Å²) in [5.41, 5.74) is 0. The highest BCUT2D eigenvalue weighted by Gasteiger charge is 2.32. The molecule has 90 valence electrons. The van der Waals surface area contributed by atoms with Gasteiger partial charge in [0.15, 0.2) is 0 Å². The van der Waals surface area contributed by atoms with Crippen molar-refractivity contribution >= 4 is 5.91 Å². The Hall–Kier alpha value is -1.80. The van der Waals surface area contributed by atoms with Crippen molar-refractivity contribution in [2.45, 2.75) is 19.0 Å². The van der Waals surface area contributed by atoms with Gasteiger partial charge in [0.1, 0.15) is 11.8 Å². The Morgan fingerprint density at radius 1 is 1.59 bits per heavy atom. The first-order chi connectivity index (χ1) is 8.22. The SMILES string of the molecule is CN1CCN(Cc2ccco2)C(=O)C1CC#N. The predicted octanol–water partition coefficient (Wildman–Crippen LogP) is 0.836. The maximum atomic E-state index is 12.1. The molecule has 0 radical (unpaired) electrons. The largest absolute Gasteiger partial charge is 0.467 e. The maximum Gasteiger partial charge on any atom is 0.241 e. The minimum absolute atomic E-state index is 0.0108. The Balaban J connectivity index is 2.04. The number of carbonyl (C=O) groups is 1. The molecule has 1 aromatic rings. The lowest BCUT2D eigenvalue weighted by Gasteiger charge is -2.37. The van der Waals surface area contributed by atoms with Crippen LogP contribution in [0.15, 0.2) is 22.8 Å². The molecule has 1 amide bonds. The van der Waals surface area contributed by atoms with E-state index in [1.54, 1.807) is 11.2 Å². The number of furan rings is 1. The van der Waals surface area contributed by atoms with Crippen LogP contribution >= 0.6 is 0 Å². The Morgan fingerprint density at radius 2 is 2.41 bits per heavy atom. The molecule has 5 heteroatoms. The summed E-state index contributed by atoms with van der Waals surface area (Å²) >= 11 is 0. The van der Waals surface area contributed by atoms with Crippen LogP contribution in [-0.2, 0) is 11.3 Å². The van der Waals surface area contributed by atoms with Crippen LogP contribution in [0.3, 0.4) is 0 Å². The summed E-state index contributed by atoms with van der Waals surface area (Å²) in [6, 6.07) is 5.41. The summed E-state index contributed by atoms with van der Waals surface area (Å²) in [6.45, 7) is 1.96. The van der Waals surface area contributed by atoms with Crippen LogP contribution in [0.2, 0.25) is 0 Å². The molecule has 1 aliphatic rings. The van der Waals surface area contributed by atoms with Gasteiger partial charge >= 0.3 is 0 Å². The first kappa shape index (κ1) is 11.7. The fourth-order valence-electron chi connectivity index (χ4n) is 2.02. The predicted molar refractivity (Wildman–Crippen MR) is 60.8 cm³/mol. The summed E-state index contributed by atoms with van der Waals surface area (Å²) in [4.78, 5) is 15.8. The summed E-state index contributed by atoms with van der Waals surface area (Å²) in [5.74, 6) is 0.787. The third kappa shape index (κ3) is 2.48. The zero-order valence-electron chi connectivity index (χ0n) is 9.80. The van der Waals surface area contributed by atoms with E-state index in [2.05, 4.69) is 6.07 Å². The van der Waals surface area contributed by atoms with E-state index in [1.165, 1.54) is 0 Å². The average Bonchev–Trinajstić information content (AvgIpc) is 2.81. The van der Waals surface area contributed by atoms with Crippen molar-refractivity contribution in [2.75, 3.05) is 20.1 Å². The lowest BCUT2D eigenvalue weighted by molar-refractivity contribution is -0.141. The molecule has 2 heterocycles. The zero-order valence-corrected chi connectivity index (χ0v) is 9.80. The van der Waals surface area contributed by atoms with Crippen molar-refractivity contribution < 1.29 is 9.21 Å². The topological polar surface area (TPSA) is 60.5 Å². The summed E-state index contributed by atoms with van der Waals surface area (Å²) in [6.07, 6.45) is 1.84. The van der Waals surface area contributed by atoms with E-state index in [-0.39, 0.29) is 18.4 Å². The second-order valence-electron chi connectivity index (χ2n) is 4.20. The van der Waals surface area contributed by atoms with Gasteiger partial charge in [0.2, 0.25) is 5.91 Å². The van der Waals surface area contributed by atoms with E-state index in [0.29, 0.717) is 13.1 Å². The van der Waals surface area contributed by atoms with E-state index < -0.39 is 0 Å². The molecular formula is C12H15N3O2. The molecule has 5 nitrogen and oxygen atoms in total. The Morgan fingerprint density at radius 3 is 3.06 bits per heavy atom. The van der Waals surface area contributed by atoms with Crippen LogP contribution in [0.4, 0.5) is 0 Å². The molecule has 0 aromatic carbocycles. The Bertz CT molecular complexity index is 421. The number of carbonyl (C=O) groups excluding carboxylic acids is 1.